The van der Waals surface area contributed by atoms with Crippen molar-refractivity contribution in [3.8, 4) is 0 Å². The second-order valence-corrected chi connectivity index (χ2v) is 5.84. The summed E-state index contributed by atoms with van der Waals surface area (Å²) in [6, 6.07) is 0. The summed E-state index contributed by atoms with van der Waals surface area (Å²) in [6.45, 7) is 7.70. The first-order valence-electron chi connectivity index (χ1n) is 5.49. The largest absolute Gasteiger partial charge is 0.501 e. The van der Waals surface area contributed by atoms with E-state index < -0.39 is 0 Å². The van der Waals surface area contributed by atoms with E-state index in [0.29, 0.717) is 6.61 Å². The normalized spacial score (nSPS) is 14.9. The van der Waals surface area contributed by atoms with E-state index in [1.807, 2.05) is 13.8 Å². The van der Waals surface area contributed by atoms with E-state index >= 15 is 0 Å². The van der Waals surface area contributed by atoms with E-state index in [9.17, 15) is 0 Å². The number of halogens is 1. The quantitative estimate of drug-likeness (QED) is 0.450. The highest BCUT2D eigenvalue weighted by atomic mass is 35.5. The molecule has 2 atom stereocenters. The van der Waals surface area contributed by atoms with Crippen LogP contribution in [0.3, 0.4) is 0 Å². The second-order valence-electron chi connectivity index (χ2n) is 3.62. The fourth-order valence-corrected chi connectivity index (χ4v) is 2.60. The molecule has 0 amide bonds. The topological polar surface area (TPSA) is 18.5 Å². The summed E-state index contributed by atoms with van der Waals surface area (Å²) in [4.78, 5) is 0. The summed E-state index contributed by atoms with van der Waals surface area (Å²) in [5.74, 6) is 0.732. The van der Waals surface area contributed by atoms with E-state index in [1.165, 1.54) is 11.0 Å². The Kier molecular flexibility index (Phi) is 11.2. The van der Waals surface area contributed by atoms with Gasteiger partial charge in [0.1, 0.15) is 0 Å². The molecule has 2 unspecified atom stereocenters. The van der Waals surface area contributed by atoms with Crippen LogP contribution in [0.1, 0.15) is 33.6 Å². The third-order valence-electron chi connectivity index (χ3n) is 2.20. The van der Waals surface area contributed by atoms with Crippen molar-refractivity contribution in [2.45, 2.75) is 44.5 Å². The molecule has 0 radical (unpaired) electrons. The van der Waals surface area contributed by atoms with E-state index in [4.69, 9.17) is 18.5 Å². The Morgan fingerprint density at radius 1 is 1.21 bits per heavy atom. The fraction of sp³-hybridized carbons (Fsp3) is 1.00. The van der Waals surface area contributed by atoms with Gasteiger partial charge in [-0.05, 0) is 26.2 Å². The molecule has 4 heteroatoms. The van der Waals surface area contributed by atoms with Crippen LogP contribution in [0.2, 0.25) is 4.55 Å². The summed E-state index contributed by atoms with van der Waals surface area (Å²) in [5.41, 5.74) is 0. The Bertz CT molecular complexity index is 125. The smallest absolute Gasteiger partial charge is 0.353 e. The van der Waals surface area contributed by atoms with Gasteiger partial charge in [-0.1, -0.05) is 13.3 Å². The van der Waals surface area contributed by atoms with Crippen molar-refractivity contribution in [2.75, 3.05) is 13.2 Å². The zero-order valence-electron chi connectivity index (χ0n) is 9.59. The predicted octanol–water partition coefficient (Wildman–Crippen LogP) is 3.08. The van der Waals surface area contributed by atoms with Crippen LogP contribution in [0.15, 0.2) is 0 Å². The van der Waals surface area contributed by atoms with Gasteiger partial charge in [0.05, 0.1) is 0 Å². The van der Waals surface area contributed by atoms with Gasteiger partial charge < -0.3 is 18.5 Å². The lowest BCUT2D eigenvalue weighted by atomic mass is 10.1. The molecule has 0 aliphatic carbocycles. The van der Waals surface area contributed by atoms with Crippen molar-refractivity contribution in [3.63, 3.8) is 0 Å². The lowest BCUT2D eigenvalue weighted by molar-refractivity contribution is -0.129. The number of hydrogen-bond acceptors (Lipinski definition) is 2. The zero-order valence-corrected chi connectivity index (χ0v) is 11.8. The molecule has 0 aromatic heterocycles. The fourth-order valence-electron chi connectivity index (χ4n) is 1.29. The van der Waals surface area contributed by atoms with E-state index in [-0.39, 0.29) is 25.6 Å². The molecule has 0 aromatic rings. The molecule has 0 saturated carbocycles. The van der Waals surface area contributed by atoms with Crippen molar-refractivity contribution in [1.82, 2.24) is 0 Å². The lowest BCUT2D eigenvalue weighted by Gasteiger charge is -2.15. The highest BCUT2D eigenvalue weighted by molar-refractivity contribution is 6.93. The standard InChI is InChI=1S/C10H21O2.ClH.Mg/c1-5-9(3)7-8-12-10(4)11-6-2;;/h9-10H,1,5-8H2,2-4H3;1H;/q;;+1/p-1. The van der Waals surface area contributed by atoms with E-state index in [1.54, 1.807) is 0 Å². The Balaban J connectivity index is 3.25. The molecule has 0 saturated heterocycles. The molecular weight excluding hydrogens is 212 g/mol. The van der Waals surface area contributed by atoms with Crippen molar-refractivity contribution in [2.24, 2.45) is 5.92 Å². The van der Waals surface area contributed by atoms with Crippen LogP contribution in [0.5, 0.6) is 0 Å². The molecule has 14 heavy (non-hydrogen) atoms. The van der Waals surface area contributed by atoms with Gasteiger partial charge in [-0.3, -0.25) is 0 Å². The van der Waals surface area contributed by atoms with Gasteiger partial charge in [-0.15, -0.1) is 4.55 Å². The molecule has 0 fully saturated rings. The van der Waals surface area contributed by atoms with Crippen LogP contribution < -0.4 is 0 Å². The minimum atomic E-state index is -0.269. The monoisotopic (exact) mass is 232 g/mol. The predicted molar refractivity (Wildman–Crippen MR) is 61.9 cm³/mol. The lowest BCUT2D eigenvalue weighted by Crippen LogP contribution is -2.14. The van der Waals surface area contributed by atoms with Gasteiger partial charge in [0.25, 0.3) is 0 Å². The second kappa shape index (κ2) is 10.5. The maximum atomic E-state index is 5.76. The highest BCUT2D eigenvalue weighted by Crippen LogP contribution is 2.11. The highest BCUT2D eigenvalue weighted by Gasteiger charge is 2.05. The summed E-state index contributed by atoms with van der Waals surface area (Å²) in [6.07, 6.45) is 2.31. The van der Waals surface area contributed by atoms with Gasteiger partial charge in [0.2, 0.25) is 0 Å². The summed E-state index contributed by atoms with van der Waals surface area (Å²) in [5, 5.41) is 0. The third kappa shape index (κ3) is 9.53. The van der Waals surface area contributed by atoms with Crippen molar-refractivity contribution in [1.29, 1.82) is 0 Å². The first-order chi connectivity index (χ1) is 6.70. The molecular formula is C10H21ClMgO2. The van der Waals surface area contributed by atoms with Gasteiger partial charge >= 0.3 is 19.3 Å². The summed E-state index contributed by atoms with van der Waals surface area (Å²) >= 11 is -0.269. The molecule has 0 N–H and O–H groups in total. The van der Waals surface area contributed by atoms with Gasteiger partial charge in [-0.25, -0.2) is 0 Å². The Morgan fingerprint density at radius 2 is 1.93 bits per heavy atom. The average Bonchev–Trinajstić information content (AvgIpc) is 2.15. The molecule has 0 aromatic carbocycles. The van der Waals surface area contributed by atoms with Crippen LogP contribution >= 0.6 is 9.07 Å². The number of hydrogen-bond donors (Lipinski definition) is 0. The maximum absolute atomic E-state index is 5.76. The molecule has 0 heterocycles. The van der Waals surface area contributed by atoms with E-state index in [0.717, 1.165) is 18.9 Å². The number of ether oxygens (including phenoxy) is 2. The first kappa shape index (κ1) is 15.0. The first-order valence-corrected chi connectivity index (χ1v) is 8.63. The van der Waals surface area contributed by atoms with Crippen LogP contribution in [0.25, 0.3) is 0 Å². The molecule has 2 nitrogen and oxygen atoms in total. The summed E-state index contributed by atoms with van der Waals surface area (Å²) < 4.78 is 12.0. The minimum Gasteiger partial charge on any atom is -0.353 e. The average molecular weight is 233 g/mol. The maximum Gasteiger partial charge on any atom is 0.501 e. The molecule has 0 bridgehead atoms. The summed E-state index contributed by atoms with van der Waals surface area (Å²) in [7, 11) is 5.76. The van der Waals surface area contributed by atoms with Crippen LogP contribution in [0, 0.1) is 5.92 Å². The van der Waals surface area contributed by atoms with Crippen molar-refractivity contribution >= 4 is 28.3 Å². The van der Waals surface area contributed by atoms with Gasteiger partial charge in [0.15, 0.2) is 6.29 Å². The van der Waals surface area contributed by atoms with Gasteiger partial charge in [-0.2, -0.15) is 0 Å². The molecule has 0 spiro atoms. The molecule has 0 rings (SSSR count). The van der Waals surface area contributed by atoms with Crippen LogP contribution in [0.4, 0.5) is 0 Å². The number of rotatable bonds is 9. The SMILES string of the molecule is CCOC(C)OCCC(C)C[CH2][Mg][Cl]. The Labute approximate surface area is 101 Å². The van der Waals surface area contributed by atoms with Crippen molar-refractivity contribution < 1.29 is 9.47 Å². The minimum absolute atomic E-state index is 0.0606. The third-order valence-corrected chi connectivity index (χ3v) is 3.67. The van der Waals surface area contributed by atoms with Crippen molar-refractivity contribution in [3.05, 3.63) is 0 Å². The molecule has 0 aliphatic heterocycles. The van der Waals surface area contributed by atoms with Gasteiger partial charge in [0, 0.05) is 13.2 Å². The Morgan fingerprint density at radius 3 is 2.50 bits per heavy atom. The van der Waals surface area contributed by atoms with Crippen LogP contribution in [-0.2, 0) is 9.47 Å². The molecule has 0 aliphatic rings. The van der Waals surface area contributed by atoms with Crippen LogP contribution in [-0.4, -0.2) is 38.8 Å². The van der Waals surface area contributed by atoms with E-state index in [2.05, 4.69) is 6.92 Å². The zero-order chi connectivity index (χ0) is 10.8. The Hall–Kier alpha value is 0.976. The molecule has 82 valence electrons.